The molecule has 3 nitrogen and oxygen atoms in total. The van der Waals surface area contributed by atoms with Crippen LogP contribution < -0.4 is 154 Å². The summed E-state index contributed by atoms with van der Waals surface area (Å²) in [6.45, 7) is 0. The predicted molar refractivity (Wildman–Crippen MR) is 16.9 cm³/mol. The maximum absolute atomic E-state index is 7.23. The van der Waals surface area contributed by atoms with Crippen LogP contribution in [-0.4, -0.2) is 14.7 Å². The average molecular weight is 202 g/mol. The van der Waals surface area contributed by atoms with Crippen molar-refractivity contribution in [3.8, 4) is 0 Å². The SMILES string of the molecule is OP(O)O.[H-].[H-].[H-].[K+].[K+].[K+]. The summed E-state index contributed by atoms with van der Waals surface area (Å²) in [5.74, 6) is 0. The van der Waals surface area contributed by atoms with Crippen LogP contribution in [0.3, 0.4) is 0 Å². The molecule has 0 bridgehead atoms. The summed E-state index contributed by atoms with van der Waals surface area (Å²) in [5, 5.41) is 0. The van der Waals surface area contributed by atoms with Crippen LogP contribution in [0.25, 0.3) is 0 Å². The van der Waals surface area contributed by atoms with Crippen LogP contribution >= 0.6 is 8.60 Å². The second-order valence-electron chi connectivity index (χ2n) is 0.268. The van der Waals surface area contributed by atoms with E-state index in [-0.39, 0.29) is 158 Å². The Bertz CT molecular complexity index is 23.7. The van der Waals surface area contributed by atoms with Crippen molar-refractivity contribution in [2.45, 2.75) is 0 Å². The molecule has 7 heteroatoms. The third-order valence-electron chi connectivity index (χ3n) is 0. The molecule has 0 fully saturated rings. The van der Waals surface area contributed by atoms with Crippen LogP contribution in [0.5, 0.6) is 0 Å². The fourth-order valence-corrected chi connectivity index (χ4v) is 0. The van der Waals surface area contributed by atoms with Crippen LogP contribution in [-0.2, 0) is 0 Å². The molecule has 32 valence electrons. The summed E-state index contributed by atoms with van der Waals surface area (Å²) in [4.78, 5) is 21.7. The largest absolute Gasteiger partial charge is 1.00 e. The minimum absolute atomic E-state index is 0. The molecule has 3 N–H and O–H groups in total. The van der Waals surface area contributed by atoms with Crippen molar-refractivity contribution in [2.75, 3.05) is 0 Å². The van der Waals surface area contributed by atoms with Crippen molar-refractivity contribution in [1.29, 1.82) is 0 Å². The molecule has 7 heavy (non-hydrogen) atoms. The Kier molecular flexibility index (Phi) is 56.4. The monoisotopic (exact) mass is 202 g/mol. The Balaban J connectivity index is -0.00000000300. The molecule has 0 rings (SSSR count). The van der Waals surface area contributed by atoms with E-state index >= 15 is 0 Å². The van der Waals surface area contributed by atoms with Gasteiger partial charge in [-0.05, 0) is 0 Å². The Hall–Kier alpha value is 5.22. The molecule has 0 aliphatic rings. The number of hydrogen-bond donors (Lipinski definition) is 3. The first-order valence-corrected chi connectivity index (χ1v) is 1.80. The van der Waals surface area contributed by atoms with Gasteiger partial charge in [-0.25, -0.2) is 0 Å². The Labute approximate surface area is 176 Å². The molecule has 0 amide bonds. The summed E-state index contributed by atoms with van der Waals surface area (Å²) in [7, 11) is -2.62. The number of rotatable bonds is 0. The topological polar surface area (TPSA) is 60.7 Å². The van der Waals surface area contributed by atoms with E-state index in [1.165, 1.54) is 0 Å². The molecule has 0 atom stereocenters. The Morgan fingerprint density at radius 1 is 0.857 bits per heavy atom. The van der Waals surface area contributed by atoms with Gasteiger partial charge in [0.1, 0.15) is 0 Å². The molecule has 0 heterocycles. The third-order valence-corrected chi connectivity index (χ3v) is 0. The summed E-state index contributed by atoms with van der Waals surface area (Å²) in [6, 6.07) is 0. The molecule has 0 aromatic rings. The van der Waals surface area contributed by atoms with E-state index in [4.69, 9.17) is 14.7 Å². The fraction of sp³-hybridized carbons (Fsp3) is 0. The van der Waals surface area contributed by atoms with Crippen molar-refractivity contribution < 1.29 is 173 Å². The molecule has 0 radical (unpaired) electrons. The van der Waals surface area contributed by atoms with E-state index in [9.17, 15) is 0 Å². The second kappa shape index (κ2) is 17.3. The van der Waals surface area contributed by atoms with E-state index in [0.717, 1.165) is 0 Å². The van der Waals surface area contributed by atoms with Gasteiger partial charge in [-0.1, -0.05) is 0 Å². The minimum atomic E-state index is -2.62. The summed E-state index contributed by atoms with van der Waals surface area (Å²) >= 11 is 0. The van der Waals surface area contributed by atoms with Crippen molar-refractivity contribution in [1.82, 2.24) is 0 Å². The summed E-state index contributed by atoms with van der Waals surface area (Å²) < 4.78 is 0. The van der Waals surface area contributed by atoms with Gasteiger partial charge < -0.3 is 19.0 Å². The van der Waals surface area contributed by atoms with Gasteiger partial charge in [0, 0.05) is 0 Å². The van der Waals surface area contributed by atoms with E-state index < -0.39 is 8.60 Å². The van der Waals surface area contributed by atoms with Gasteiger partial charge in [-0.2, -0.15) is 0 Å². The standard InChI is InChI=1S/3K.H3O3P.3H/c;;;1-4(2)3;;;/h;;;1-3H;;;/q3*+1;;3*-1. The molecule has 0 saturated heterocycles. The van der Waals surface area contributed by atoms with E-state index in [0.29, 0.717) is 0 Å². The molecule has 0 aliphatic heterocycles. The van der Waals surface area contributed by atoms with E-state index in [1.54, 1.807) is 0 Å². The molecular weight excluding hydrogens is 196 g/mol. The smallest absolute Gasteiger partial charge is 1.00 e. The Morgan fingerprint density at radius 2 is 0.857 bits per heavy atom. The second-order valence-corrected chi connectivity index (χ2v) is 0.805. The van der Waals surface area contributed by atoms with E-state index in [1.807, 2.05) is 0 Å². The first-order chi connectivity index (χ1) is 1.73. The van der Waals surface area contributed by atoms with Gasteiger partial charge in [-0.3, -0.25) is 0 Å². The summed E-state index contributed by atoms with van der Waals surface area (Å²) in [5.41, 5.74) is 0. The van der Waals surface area contributed by atoms with Crippen LogP contribution in [0.2, 0.25) is 0 Å². The molecule has 0 aromatic carbocycles. The molecule has 0 spiro atoms. The maximum atomic E-state index is 7.23. The van der Waals surface area contributed by atoms with Gasteiger partial charge in [0.15, 0.2) is 0 Å². The normalized spacial score (nSPS) is 5.14. The van der Waals surface area contributed by atoms with Crippen LogP contribution in [0, 0.1) is 0 Å². The van der Waals surface area contributed by atoms with Gasteiger partial charge in [0.2, 0.25) is 0 Å². The predicted octanol–water partition coefficient (Wildman–Crippen LogP) is -9.46. The molecule has 0 aliphatic carbocycles. The molecule has 0 aromatic heterocycles. The van der Waals surface area contributed by atoms with Gasteiger partial charge in [0.25, 0.3) is 0 Å². The average Bonchev–Trinajstić information content (AvgIpc) is 0.811. The van der Waals surface area contributed by atoms with Crippen molar-refractivity contribution >= 4 is 8.60 Å². The zero-order valence-electron chi connectivity index (χ0n) is 7.79. The van der Waals surface area contributed by atoms with Crippen LogP contribution in [0.1, 0.15) is 4.28 Å². The molecule has 0 saturated carbocycles. The van der Waals surface area contributed by atoms with Gasteiger partial charge >= 0.3 is 163 Å². The zero-order valence-corrected chi connectivity index (χ0v) is 15.1. The molecule has 0 unspecified atom stereocenters. The maximum Gasteiger partial charge on any atom is 1.00 e. The molecular formula is H6K3O3P. The fourth-order valence-electron chi connectivity index (χ4n) is 0. The van der Waals surface area contributed by atoms with Crippen molar-refractivity contribution in [3.63, 3.8) is 0 Å². The zero-order chi connectivity index (χ0) is 3.58. The summed E-state index contributed by atoms with van der Waals surface area (Å²) in [6.07, 6.45) is 0. The van der Waals surface area contributed by atoms with E-state index in [2.05, 4.69) is 0 Å². The quantitative estimate of drug-likeness (QED) is 0.270. The van der Waals surface area contributed by atoms with Gasteiger partial charge in [-0.15, -0.1) is 0 Å². The van der Waals surface area contributed by atoms with Crippen molar-refractivity contribution in [3.05, 3.63) is 0 Å². The van der Waals surface area contributed by atoms with Gasteiger partial charge in [0.05, 0.1) is 0 Å². The number of hydrogen-bond acceptors (Lipinski definition) is 3. The third kappa shape index (κ3) is 35.0. The first-order valence-electron chi connectivity index (χ1n) is 0.600. The van der Waals surface area contributed by atoms with Crippen LogP contribution in [0.4, 0.5) is 0 Å². The first kappa shape index (κ1) is 22.8. The Morgan fingerprint density at radius 3 is 0.857 bits per heavy atom. The van der Waals surface area contributed by atoms with Crippen LogP contribution in [0.15, 0.2) is 0 Å². The minimum Gasteiger partial charge on any atom is -1.00 e. The van der Waals surface area contributed by atoms with Crippen molar-refractivity contribution in [2.24, 2.45) is 0 Å².